The lowest BCUT2D eigenvalue weighted by atomic mass is 10.5. The molecule has 0 amide bonds. The summed E-state index contributed by atoms with van der Waals surface area (Å²) in [5, 5.41) is 0. The molecule has 0 saturated carbocycles. The Morgan fingerprint density at radius 2 is 2.00 bits per heavy atom. The molecule has 0 saturated heterocycles. The van der Waals surface area contributed by atoms with Gasteiger partial charge in [-0.1, -0.05) is 6.92 Å². The van der Waals surface area contributed by atoms with Crippen LogP contribution in [0.25, 0.3) is 0 Å². The molecular formula is C8H18N2O4S. The quantitative estimate of drug-likeness (QED) is 0.619. The number of carbonyl (C=O) groups is 1. The molecule has 0 heterocycles. The Labute approximate surface area is 90.8 Å². The number of nitrogens with one attached hydrogen (secondary N) is 1. The normalized spacial score (nSPS) is 11.7. The first kappa shape index (κ1) is 14.3. The van der Waals surface area contributed by atoms with Gasteiger partial charge in [-0.2, -0.15) is 12.7 Å². The van der Waals surface area contributed by atoms with E-state index in [-0.39, 0.29) is 13.2 Å². The van der Waals surface area contributed by atoms with E-state index >= 15 is 0 Å². The molecule has 0 rings (SSSR count). The number of hydrogen-bond donors (Lipinski definition) is 1. The number of rotatable bonds is 7. The molecule has 0 aromatic heterocycles. The lowest BCUT2D eigenvalue weighted by Crippen LogP contribution is -2.41. The Balaban J connectivity index is 4.18. The minimum atomic E-state index is -3.55. The van der Waals surface area contributed by atoms with Crippen molar-refractivity contribution in [1.82, 2.24) is 9.03 Å². The van der Waals surface area contributed by atoms with Gasteiger partial charge in [0, 0.05) is 13.6 Å². The molecule has 7 heteroatoms. The van der Waals surface area contributed by atoms with Gasteiger partial charge in [-0.05, 0) is 13.3 Å². The molecule has 0 fully saturated rings. The number of likely N-dealkylation sites (N-methyl/N-ethyl adjacent to an activating group) is 1. The highest BCUT2D eigenvalue weighted by atomic mass is 32.2. The highest BCUT2D eigenvalue weighted by Gasteiger charge is 2.19. The van der Waals surface area contributed by atoms with Crippen LogP contribution in [0.3, 0.4) is 0 Å². The average molecular weight is 238 g/mol. The molecule has 1 N–H and O–H groups in total. The lowest BCUT2D eigenvalue weighted by Gasteiger charge is -2.16. The number of ether oxygens (including phenoxy) is 1. The van der Waals surface area contributed by atoms with Crippen molar-refractivity contribution < 1.29 is 17.9 Å². The molecule has 0 bridgehead atoms. The van der Waals surface area contributed by atoms with E-state index < -0.39 is 16.2 Å². The monoisotopic (exact) mass is 238 g/mol. The second-order valence-electron chi connectivity index (χ2n) is 2.96. The first-order chi connectivity index (χ1) is 6.94. The van der Waals surface area contributed by atoms with Gasteiger partial charge in [0.15, 0.2) is 0 Å². The van der Waals surface area contributed by atoms with Gasteiger partial charge in [-0.25, -0.2) is 4.72 Å². The summed E-state index contributed by atoms with van der Waals surface area (Å²) in [6.45, 7) is 3.85. The maximum atomic E-state index is 11.4. The van der Waals surface area contributed by atoms with E-state index in [1.54, 1.807) is 6.92 Å². The smallest absolute Gasteiger partial charge is 0.321 e. The number of nitrogens with zero attached hydrogens (tertiary/aromatic N) is 1. The topological polar surface area (TPSA) is 75.7 Å². The first-order valence-electron chi connectivity index (χ1n) is 4.80. The van der Waals surface area contributed by atoms with Gasteiger partial charge < -0.3 is 4.74 Å². The Morgan fingerprint density at radius 3 is 2.47 bits per heavy atom. The zero-order chi connectivity index (χ0) is 11.9. The van der Waals surface area contributed by atoms with E-state index in [1.807, 2.05) is 6.92 Å². The van der Waals surface area contributed by atoms with Crippen LogP contribution in [-0.2, 0) is 19.7 Å². The summed E-state index contributed by atoms with van der Waals surface area (Å²) in [6, 6.07) is 0. The van der Waals surface area contributed by atoms with Gasteiger partial charge >= 0.3 is 5.97 Å². The van der Waals surface area contributed by atoms with Crippen LogP contribution in [0.2, 0.25) is 0 Å². The van der Waals surface area contributed by atoms with E-state index in [0.29, 0.717) is 13.0 Å². The molecule has 0 aliphatic rings. The van der Waals surface area contributed by atoms with Crippen LogP contribution in [0.1, 0.15) is 20.3 Å². The van der Waals surface area contributed by atoms with Crippen molar-refractivity contribution in [1.29, 1.82) is 0 Å². The Bertz CT molecular complexity index is 289. The van der Waals surface area contributed by atoms with Crippen LogP contribution < -0.4 is 4.72 Å². The van der Waals surface area contributed by atoms with Crippen LogP contribution in [0.5, 0.6) is 0 Å². The number of hydrogen-bond acceptors (Lipinski definition) is 4. The van der Waals surface area contributed by atoms with Gasteiger partial charge in [-0.3, -0.25) is 4.79 Å². The van der Waals surface area contributed by atoms with Crippen LogP contribution >= 0.6 is 0 Å². The molecule has 0 aliphatic heterocycles. The standard InChI is InChI=1S/C8H18N2O4S/c1-4-6-9-15(12,13)10(3)7-8(11)14-5-2/h9H,4-7H2,1-3H3. The summed E-state index contributed by atoms with van der Waals surface area (Å²) < 4.78 is 30.8. The lowest BCUT2D eigenvalue weighted by molar-refractivity contribution is -0.143. The van der Waals surface area contributed by atoms with Gasteiger partial charge in [0.25, 0.3) is 10.2 Å². The zero-order valence-corrected chi connectivity index (χ0v) is 10.1. The Kier molecular flexibility index (Phi) is 6.46. The van der Waals surface area contributed by atoms with Crippen molar-refractivity contribution in [2.75, 3.05) is 26.7 Å². The van der Waals surface area contributed by atoms with E-state index in [0.717, 1.165) is 4.31 Å². The SMILES string of the molecule is CCCNS(=O)(=O)N(C)CC(=O)OCC. The fourth-order valence-electron chi connectivity index (χ4n) is 0.815. The molecule has 0 spiro atoms. The van der Waals surface area contributed by atoms with Crippen molar-refractivity contribution in [3.05, 3.63) is 0 Å². The Hall–Kier alpha value is -0.660. The average Bonchev–Trinajstić information content (AvgIpc) is 2.15. The highest BCUT2D eigenvalue weighted by Crippen LogP contribution is 1.94. The van der Waals surface area contributed by atoms with E-state index in [1.165, 1.54) is 7.05 Å². The number of esters is 1. The minimum Gasteiger partial charge on any atom is -0.465 e. The highest BCUT2D eigenvalue weighted by molar-refractivity contribution is 7.87. The van der Waals surface area contributed by atoms with Gasteiger partial charge in [-0.15, -0.1) is 0 Å². The fraction of sp³-hybridized carbons (Fsp3) is 0.875. The minimum absolute atomic E-state index is 0.245. The third-order valence-corrected chi connectivity index (χ3v) is 3.12. The van der Waals surface area contributed by atoms with Gasteiger partial charge in [0.05, 0.1) is 6.61 Å². The molecule has 15 heavy (non-hydrogen) atoms. The number of carbonyl (C=O) groups excluding carboxylic acids is 1. The molecular weight excluding hydrogens is 220 g/mol. The maximum absolute atomic E-state index is 11.4. The van der Waals surface area contributed by atoms with Crippen molar-refractivity contribution >= 4 is 16.2 Å². The summed E-state index contributed by atoms with van der Waals surface area (Å²) in [6.07, 6.45) is 0.701. The Morgan fingerprint density at radius 1 is 1.40 bits per heavy atom. The molecule has 6 nitrogen and oxygen atoms in total. The second-order valence-corrected chi connectivity index (χ2v) is 4.82. The summed E-state index contributed by atoms with van der Waals surface area (Å²) >= 11 is 0. The van der Waals surface area contributed by atoms with Gasteiger partial charge in [0.1, 0.15) is 6.54 Å². The van der Waals surface area contributed by atoms with Crippen LogP contribution in [-0.4, -0.2) is 45.4 Å². The van der Waals surface area contributed by atoms with E-state index in [4.69, 9.17) is 0 Å². The van der Waals surface area contributed by atoms with Crippen LogP contribution in [0, 0.1) is 0 Å². The molecule has 90 valence electrons. The second kappa shape index (κ2) is 6.76. The van der Waals surface area contributed by atoms with Crippen molar-refractivity contribution in [2.45, 2.75) is 20.3 Å². The molecule has 0 radical (unpaired) electrons. The largest absolute Gasteiger partial charge is 0.465 e. The van der Waals surface area contributed by atoms with Crippen molar-refractivity contribution in [3.8, 4) is 0 Å². The molecule has 0 aromatic rings. The van der Waals surface area contributed by atoms with Gasteiger partial charge in [0.2, 0.25) is 0 Å². The molecule has 0 atom stereocenters. The zero-order valence-electron chi connectivity index (χ0n) is 9.32. The molecule has 0 unspecified atom stereocenters. The molecule has 0 aromatic carbocycles. The third-order valence-electron chi connectivity index (χ3n) is 1.60. The fourth-order valence-corrected chi connectivity index (χ4v) is 1.77. The molecule has 0 aliphatic carbocycles. The summed E-state index contributed by atoms with van der Waals surface area (Å²) in [4.78, 5) is 11.0. The third kappa shape index (κ3) is 5.71. The van der Waals surface area contributed by atoms with Crippen molar-refractivity contribution in [3.63, 3.8) is 0 Å². The van der Waals surface area contributed by atoms with Crippen LogP contribution in [0.15, 0.2) is 0 Å². The predicted octanol–water partition coefficient (Wildman–Crippen LogP) is -0.274. The summed E-state index contributed by atoms with van der Waals surface area (Å²) in [7, 11) is -2.23. The first-order valence-corrected chi connectivity index (χ1v) is 6.24. The maximum Gasteiger partial charge on any atom is 0.321 e. The summed E-state index contributed by atoms with van der Waals surface area (Å²) in [5.74, 6) is -0.554. The van der Waals surface area contributed by atoms with Crippen molar-refractivity contribution in [2.24, 2.45) is 0 Å². The predicted molar refractivity (Wildman–Crippen MR) is 56.5 cm³/mol. The summed E-state index contributed by atoms with van der Waals surface area (Å²) in [5.41, 5.74) is 0. The van der Waals surface area contributed by atoms with E-state index in [2.05, 4.69) is 9.46 Å². The van der Waals surface area contributed by atoms with Crippen LogP contribution in [0.4, 0.5) is 0 Å². The van der Waals surface area contributed by atoms with E-state index in [9.17, 15) is 13.2 Å².